The summed E-state index contributed by atoms with van der Waals surface area (Å²) in [6.45, 7) is 0.856. The van der Waals surface area contributed by atoms with Crippen LogP contribution >= 0.6 is 23.2 Å². The van der Waals surface area contributed by atoms with Gasteiger partial charge in [-0.2, -0.15) is 0 Å². The molecule has 1 saturated carbocycles. The Morgan fingerprint density at radius 3 is 2.83 bits per heavy atom. The molecular weight excluding hydrogens is 267 g/mol. The predicted molar refractivity (Wildman–Crippen MR) is 75.4 cm³/mol. The van der Waals surface area contributed by atoms with Crippen molar-refractivity contribution in [1.29, 1.82) is 0 Å². The predicted octanol–water partition coefficient (Wildman–Crippen LogP) is 4.31. The van der Waals surface area contributed by atoms with Crippen molar-refractivity contribution in [2.75, 3.05) is 12.5 Å². The molecule has 1 nitrogen and oxygen atoms in total. The molecule has 2 fully saturated rings. The molecule has 1 aliphatic carbocycles. The Labute approximate surface area is 118 Å². The molecule has 0 aromatic heterocycles. The zero-order chi connectivity index (χ0) is 12.6. The van der Waals surface area contributed by atoms with Crippen LogP contribution in [0.5, 0.6) is 0 Å². The molecule has 0 amide bonds. The SMILES string of the molecule is ClCC1(Cc2cccc(Cl)c2)CCOC1C1CC1. The van der Waals surface area contributed by atoms with E-state index in [0.29, 0.717) is 12.0 Å². The Morgan fingerprint density at radius 2 is 2.17 bits per heavy atom. The molecule has 3 rings (SSSR count). The third-order valence-electron chi connectivity index (χ3n) is 4.26. The van der Waals surface area contributed by atoms with Crippen LogP contribution in [0.2, 0.25) is 5.02 Å². The van der Waals surface area contributed by atoms with E-state index in [-0.39, 0.29) is 5.41 Å². The first-order valence-corrected chi connectivity index (χ1v) is 7.57. The molecule has 2 atom stereocenters. The second kappa shape index (κ2) is 5.03. The fourth-order valence-electron chi connectivity index (χ4n) is 3.18. The highest BCUT2D eigenvalue weighted by Crippen LogP contribution is 2.50. The van der Waals surface area contributed by atoms with E-state index >= 15 is 0 Å². The lowest BCUT2D eigenvalue weighted by molar-refractivity contribution is 0.0403. The quantitative estimate of drug-likeness (QED) is 0.749. The number of benzene rings is 1. The monoisotopic (exact) mass is 284 g/mol. The van der Waals surface area contributed by atoms with Gasteiger partial charge in [-0.05, 0) is 49.3 Å². The minimum absolute atomic E-state index is 0.118. The van der Waals surface area contributed by atoms with Crippen LogP contribution in [0.4, 0.5) is 0 Å². The summed E-state index contributed by atoms with van der Waals surface area (Å²) in [6, 6.07) is 8.13. The zero-order valence-electron chi connectivity index (χ0n) is 10.4. The van der Waals surface area contributed by atoms with Crippen LogP contribution in [0, 0.1) is 11.3 Å². The van der Waals surface area contributed by atoms with E-state index < -0.39 is 0 Å². The van der Waals surface area contributed by atoms with E-state index in [2.05, 4.69) is 12.1 Å². The molecule has 1 saturated heterocycles. The minimum Gasteiger partial charge on any atom is -0.377 e. The molecule has 3 heteroatoms. The number of ether oxygens (including phenoxy) is 1. The zero-order valence-corrected chi connectivity index (χ0v) is 11.9. The lowest BCUT2D eigenvalue weighted by atomic mass is 9.76. The Morgan fingerprint density at radius 1 is 1.33 bits per heavy atom. The highest BCUT2D eigenvalue weighted by Gasteiger charge is 2.50. The number of hydrogen-bond acceptors (Lipinski definition) is 1. The molecule has 2 unspecified atom stereocenters. The first kappa shape index (κ1) is 12.8. The summed E-state index contributed by atoms with van der Waals surface area (Å²) in [6.07, 6.45) is 5.02. The Bertz CT molecular complexity index is 430. The number of alkyl halides is 1. The van der Waals surface area contributed by atoms with Gasteiger partial charge in [0, 0.05) is 22.9 Å². The first-order valence-electron chi connectivity index (χ1n) is 6.65. The molecule has 0 N–H and O–H groups in total. The molecule has 98 valence electrons. The van der Waals surface area contributed by atoms with Gasteiger partial charge < -0.3 is 4.74 Å². The van der Waals surface area contributed by atoms with Gasteiger partial charge in [-0.3, -0.25) is 0 Å². The van der Waals surface area contributed by atoms with Crippen molar-refractivity contribution in [3.05, 3.63) is 34.9 Å². The van der Waals surface area contributed by atoms with Gasteiger partial charge in [-0.1, -0.05) is 23.7 Å². The smallest absolute Gasteiger partial charge is 0.0674 e. The molecule has 0 radical (unpaired) electrons. The molecule has 0 bridgehead atoms. The molecular formula is C15H18Cl2O. The maximum atomic E-state index is 6.31. The van der Waals surface area contributed by atoms with Crippen molar-refractivity contribution in [3.63, 3.8) is 0 Å². The summed E-state index contributed by atoms with van der Waals surface area (Å²) < 4.78 is 5.97. The van der Waals surface area contributed by atoms with Gasteiger partial charge in [0.15, 0.2) is 0 Å². The summed E-state index contributed by atoms with van der Waals surface area (Å²) >= 11 is 12.4. The van der Waals surface area contributed by atoms with Crippen molar-refractivity contribution in [2.45, 2.75) is 31.8 Å². The van der Waals surface area contributed by atoms with Crippen LogP contribution in [0.25, 0.3) is 0 Å². The van der Waals surface area contributed by atoms with E-state index in [1.807, 2.05) is 12.1 Å². The maximum Gasteiger partial charge on any atom is 0.0674 e. The summed E-state index contributed by atoms with van der Waals surface area (Å²) in [7, 11) is 0. The van der Waals surface area contributed by atoms with E-state index in [1.165, 1.54) is 18.4 Å². The van der Waals surface area contributed by atoms with Crippen LogP contribution in [0.15, 0.2) is 24.3 Å². The van der Waals surface area contributed by atoms with E-state index in [1.54, 1.807) is 0 Å². The van der Waals surface area contributed by atoms with Crippen LogP contribution in [0.3, 0.4) is 0 Å². The van der Waals surface area contributed by atoms with Gasteiger partial charge in [0.1, 0.15) is 0 Å². The Hall–Kier alpha value is -0.240. The fourth-order valence-corrected chi connectivity index (χ4v) is 3.77. The molecule has 1 heterocycles. The summed E-state index contributed by atoms with van der Waals surface area (Å²) in [5.41, 5.74) is 1.40. The summed E-state index contributed by atoms with van der Waals surface area (Å²) in [5, 5.41) is 0.805. The highest BCUT2D eigenvalue weighted by atomic mass is 35.5. The van der Waals surface area contributed by atoms with Crippen molar-refractivity contribution >= 4 is 23.2 Å². The van der Waals surface area contributed by atoms with Gasteiger partial charge in [-0.15, -0.1) is 11.6 Å². The van der Waals surface area contributed by atoms with Crippen molar-refractivity contribution < 1.29 is 4.74 Å². The van der Waals surface area contributed by atoms with Crippen molar-refractivity contribution in [3.8, 4) is 0 Å². The average molecular weight is 285 g/mol. The second-order valence-electron chi connectivity index (χ2n) is 5.68. The maximum absolute atomic E-state index is 6.31. The van der Waals surface area contributed by atoms with Crippen LogP contribution < -0.4 is 0 Å². The van der Waals surface area contributed by atoms with Crippen LogP contribution in [0.1, 0.15) is 24.8 Å². The van der Waals surface area contributed by atoms with Gasteiger partial charge in [0.25, 0.3) is 0 Å². The van der Waals surface area contributed by atoms with Crippen molar-refractivity contribution in [1.82, 2.24) is 0 Å². The molecule has 1 aromatic carbocycles. The van der Waals surface area contributed by atoms with Crippen LogP contribution in [-0.2, 0) is 11.2 Å². The van der Waals surface area contributed by atoms with Gasteiger partial charge in [0.2, 0.25) is 0 Å². The largest absolute Gasteiger partial charge is 0.377 e. The standard InChI is InChI=1S/C15H18Cl2O/c16-10-15(6-7-18-14(15)12-4-5-12)9-11-2-1-3-13(17)8-11/h1-3,8,12,14H,4-7,9-10H2. The number of halogens is 2. The van der Waals surface area contributed by atoms with Gasteiger partial charge in [0.05, 0.1) is 6.10 Å². The number of rotatable bonds is 4. The van der Waals surface area contributed by atoms with Crippen molar-refractivity contribution in [2.24, 2.45) is 11.3 Å². The normalized spacial score (nSPS) is 31.8. The molecule has 2 aliphatic rings. The number of hydrogen-bond donors (Lipinski definition) is 0. The van der Waals surface area contributed by atoms with Crippen LogP contribution in [-0.4, -0.2) is 18.6 Å². The third-order valence-corrected chi connectivity index (χ3v) is 5.03. The molecule has 1 aromatic rings. The van der Waals surface area contributed by atoms with Gasteiger partial charge >= 0.3 is 0 Å². The average Bonchev–Trinajstić information content (AvgIpc) is 3.12. The van der Waals surface area contributed by atoms with E-state index in [0.717, 1.165) is 30.4 Å². The lowest BCUT2D eigenvalue weighted by Gasteiger charge is -2.32. The second-order valence-corrected chi connectivity index (χ2v) is 6.39. The first-order chi connectivity index (χ1) is 8.73. The fraction of sp³-hybridized carbons (Fsp3) is 0.600. The highest BCUT2D eigenvalue weighted by molar-refractivity contribution is 6.30. The topological polar surface area (TPSA) is 9.23 Å². The summed E-state index contributed by atoms with van der Waals surface area (Å²) in [4.78, 5) is 0. The lowest BCUT2D eigenvalue weighted by Crippen LogP contribution is -2.36. The van der Waals surface area contributed by atoms with E-state index in [9.17, 15) is 0 Å². The molecule has 0 spiro atoms. The van der Waals surface area contributed by atoms with E-state index in [4.69, 9.17) is 27.9 Å². The minimum atomic E-state index is 0.118. The Kier molecular flexibility index (Phi) is 3.57. The molecule has 1 aliphatic heterocycles. The Balaban J connectivity index is 1.82. The molecule has 18 heavy (non-hydrogen) atoms. The third kappa shape index (κ3) is 2.41. The summed E-state index contributed by atoms with van der Waals surface area (Å²) in [5.74, 6) is 1.42. The van der Waals surface area contributed by atoms with Gasteiger partial charge in [-0.25, -0.2) is 0 Å².